The van der Waals surface area contributed by atoms with E-state index < -0.39 is 17.6 Å². The van der Waals surface area contributed by atoms with Gasteiger partial charge in [0.1, 0.15) is 6.23 Å². The average molecular weight is 520 g/mol. The zero-order chi connectivity index (χ0) is 26.1. The Hall–Kier alpha value is -4.41. The van der Waals surface area contributed by atoms with Gasteiger partial charge in [0.15, 0.2) is 11.3 Å². The number of ether oxygens (including phenoxy) is 1. The molecule has 0 aliphatic carbocycles. The highest BCUT2D eigenvalue weighted by atomic mass is 16.6. The van der Waals surface area contributed by atoms with E-state index in [1.54, 1.807) is 6.21 Å². The van der Waals surface area contributed by atoms with Gasteiger partial charge in [0.2, 0.25) is 5.96 Å². The van der Waals surface area contributed by atoms with Gasteiger partial charge in [-0.15, -0.1) is 0 Å². The molecule has 5 aromatic rings. The second-order valence-corrected chi connectivity index (χ2v) is 10.9. The highest BCUT2D eigenvalue weighted by Crippen LogP contribution is 2.57. The minimum absolute atomic E-state index is 0.0497. The summed E-state index contributed by atoms with van der Waals surface area (Å²) < 4.78 is 11.2. The van der Waals surface area contributed by atoms with Crippen LogP contribution in [0.25, 0.3) is 43.6 Å². The average Bonchev–Trinajstić information content (AvgIpc) is 3.73. The number of benzene rings is 3. The Balaban J connectivity index is 1.44. The molecule has 3 aromatic carbocycles. The molecular weight excluding hydrogens is 494 g/mol. The van der Waals surface area contributed by atoms with Gasteiger partial charge in [-0.05, 0) is 24.6 Å². The normalized spacial score (nSPS) is 27.2. The number of carbonyl (C=O) groups excluding carboxylic acids is 1. The Morgan fingerprint density at radius 1 is 1.10 bits per heavy atom. The molecule has 4 aliphatic heterocycles. The molecule has 9 rings (SSSR count). The first-order valence-corrected chi connectivity index (χ1v) is 13.3. The number of nitrogens with one attached hydrogen (secondary N) is 3. The summed E-state index contributed by atoms with van der Waals surface area (Å²) >= 11 is 0. The number of carbonyl (C=O) groups is 1. The molecule has 2 bridgehead atoms. The zero-order valence-corrected chi connectivity index (χ0v) is 21.2. The first-order chi connectivity index (χ1) is 19.0. The van der Waals surface area contributed by atoms with Gasteiger partial charge in [-0.2, -0.15) is 5.10 Å². The summed E-state index contributed by atoms with van der Waals surface area (Å²) in [6, 6.07) is 16.3. The van der Waals surface area contributed by atoms with E-state index >= 15 is 0 Å². The lowest BCUT2D eigenvalue weighted by Gasteiger charge is -2.37. The number of aromatic nitrogens is 2. The van der Waals surface area contributed by atoms with E-state index in [-0.39, 0.29) is 12.3 Å². The fourth-order valence-corrected chi connectivity index (χ4v) is 7.32. The SMILES string of the molecule is CC12OC(CC1(O)/C=N/NC1=NCCN1)n1c3ccccc3c3c4c(c5c6ccccc6n2c5c31)CNC4=O. The first-order valence-electron chi connectivity index (χ1n) is 13.3. The van der Waals surface area contributed by atoms with Crippen molar-refractivity contribution in [3.63, 3.8) is 0 Å². The zero-order valence-electron chi connectivity index (χ0n) is 21.2. The van der Waals surface area contributed by atoms with Crippen molar-refractivity contribution in [3.05, 3.63) is 59.7 Å². The molecule has 1 saturated heterocycles. The molecule has 0 saturated carbocycles. The number of aliphatic imine (C=N–C) groups is 1. The van der Waals surface area contributed by atoms with Gasteiger partial charge in [0, 0.05) is 41.1 Å². The lowest BCUT2D eigenvalue weighted by Crippen LogP contribution is -2.52. The standard InChI is InChI=1S/C29H25N7O3/c1-28-29(38,14-33-34-27-30-10-11-31-27)12-20(39-28)35-18-8-4-2-6-15(18)22-23-17(13-32-26(23)37)21-16-7-3-5-9-19(16)36(28)25(21)24(22)35/h2-9,14,20,38H,10-13H2,1H3,(H,32,37)(H2,30,31,34)/b33-14+. The molecule has 1 fully saturated rings. The number of hydrogen-bond donors (Lipinski definition) is 4. The highest BCUT2D eigenvalue weighted by molar-refractivity contribution is 6.31. The Morgan fingerprint density at radius 3 is 2.67 bits per heavy atom. The van der Waals surface area contributed by atoms with Gasteiger partial charge >= 0.3 is 0 Å². The van der Waals surface area contributed by atoms with Crippen molar-refractivity contribution in [1.82, 2.24) is 25.2 Å². The van der Waals surface area contributed by atoms with Gasteiger partial charge in [-0.3, -0.25) is 4.79 Å². The number of fused-ring (bicyclic) bond motifs is 13. The second kappa shape index (κ2) is 6.96. The number of rotatable bonds is 2. The van der Waals surface area contributed by atoms with Crippen molar-refractivity contribution in [3.8, 4) is 0 Å². The van der Waals surface area contributed by atoms with Crippen LogP contribution in [0.5, 0.6) is 0 Å². The van der Waals surface area contributed by atoms with Crippen molar-refractivity contribution >= 4 is 61.7 Å². The number of hydrazone groups is 1. The van der Waals surface area contributed by atoms with Crippen LogP contribution in [-0.4, -0.2) is 51.0 Å². The molecule has 10 heteroatoms. The van der Waals surface area contributed by atoms with Gasteiger partial charge in [0.05, 0.1) is 40.4 Å². The van der Waals surface area contributed by atoms with Gasteiger partial charge in [0.25, 0.3) is 5.91 Å². The number of nitrogens with zero attached hydrogens (tertiary/aromatic N) is 4. The molecule has 6 heterocycles. The molecule has 194 valence electrons. The van der Waals surface area contributed by atoms with Crippen molar-refractivity contribution in [2.24, 2.45) is 10.1 Å². The first kappa shape index (κ1) is 21.5. The molecule has 2 aromatic heterocycles. The summed E-state index contributed by atoms with van der Waals surface area (Å²) in [5.41, 5.74) is 5.85. The lowest BCUT2D eigenvalue weighted by atomic mass is 9.90. The number of amides is 1. The minimum atomic E-state index is -1.46. The largest absolute Gasteiger partial charge is 0.379 e. The topological polar surface area (TPSA) is 117 Å². The molecule has 10 nitrogen and oxygen atoms in total. The number of guanidine groups is 1. The third-order valence-electron chi connectivity index (χ3n) is 9.01. The molecule has 3 unspecified atom stereocenters. The summed E-state index contributed by atoms with van der Waals surface area (Å²) in [6.45, 7) is 3.84. The molecule has 3 atom stereocenters. The van der Waals surface area contributed by atoms with Crippen LogP contribution in [0.15, 0.2) is 58.6 Å². The maximum absolute atomic E-state index is 13.3. The van der Waals surface area contributed by atoms with E-state index in [4.69, 9.17) is 4.74 Å². The van der Waals surface area contributed by atoms with Crippen molar-refractivity contribution in [2.75, 3.05) is 13.1 Å². The molecule has 0 radical (unpaired) electrons. The summed E-state index contributed by atoms with van der Waals surface area (Å²) in [5, 5.41) is 27.0. The van der Waals surface area contributed by atoms with Crippen molar-refractivity contribution in [2.45, 2.75) is 37.4 Å². The Morgan fingerprint density at radius 2 is 1.87 bits per heavy atom. The van der Waals surface area contributed by atoms with E-state index in [0.717, 1.165) is 61.3 Å². The molecule has 4 aliphatic rings. The lowest BCUT2D eigenvalue weighted by molar-refractivity contribution is -0.151. The molecule has 1 amide bonds. The van der Waals surface area contributed by atoms with Crippen LogP contribution in [0.2, 0.25) is 0 Å². The Kier molecular flexibility index (Phi) is 3.84. The maximum Gasteiger partial charge on any atom is 0.252 e. The van der Waals surface area contributed by atoms with Crippen molar-refractivity contribution in [1.29, 1.82) is 0 Å². The molecule has 39 heavy (non-hydrogen) atoms. The third kappa shape index (κ3) is 2.42. The van der Waals surface area contributed by atoms with Crippen LogP contribution in [0.4, 0.5) is 0 Å². The summed E-state index contributed by atoms with van der Waals surface area (Å²) in [7, 11) is 0. The fraction of sp³-hybridized carbons (Fsp3) is 0.276. The molecular formula is C29H25N7O3. The van der Waals surface area contributed by atoms with Gasteiger partial charge in [-0.25, -0.2) is 10.4 Å². The second-order valence-electron chi connectivity index (χ2n) is 10.9. The van der Waals surface area contributed by atoms with Crippen LogP contribution in [0.3, 0.4) is 0 Å². The number of para-hydroxylation sites is 2. The highest BCUT2D eigenvalue weighted by Gasteiger charge is 2.60. The van der Waals surface area contributed by atoms with E-state index in [1.165, 1.54) is 0 Å². The van der Waals surface area contributed by atoms with Crippen LogP contribution in [0, 0.1) is 0 Å². The molecule has 4 N–H and O–H groups in total. The smallest absolute Gasteiger partial charge is 0.252 e. The monoisotopic (exact) mass is 519 g/mol. The van der Waals surface area contributed by atoms with E-state index in [1.807, 2.05) is 31.2 Å². The number of hydrogen-bond acceptors (Lipinski definition) is 7. The Bertz CT molecular complexity index is 2000. The van der Waals surface area contributed by atoms with E-state index in [9.17, 15) is 9.90 Å². The summed E-state index contributed by atoms with van der Waals surface area (Å²) in [4.78, 5) is 17.7. The fourth-order valence-electron chi connectivity index (χ4n) is 7.32. The van der Waals surface area contributed by atoms with E-state index in [0.29, 0.717) is 19.0 Å². The van der Waals surface area contributed by atoms with Gasteiger partial charge in [-0.1, -0.05) is 36.4 Å². The van der Waals surface area contributed by atoms with Crippen LogP contribution >= 0.6 is 0 Å². The summed E-state index contributed by atoms with van der Waals surface area (Å²) in [6.07, 6.45) is 1.35. The predicted molar refractivity (Wildman–Crippen MR) is 149 cm³/mol. The predicted octanol–water partition coefficient (Wildman–Crippen LogP) is 3.02. The van der Waals surface area contributed by atoms with Crippen LogP contribution < -0.4 is 16.1 Å². The maximum atomic E-state index is 13.3. The van der Waals surface area contributed by atoms with Crippen LogP contribution in [-0.2, 0) is 17.0 Å². The van der Waals surface area contributed by atoms with Crippen LogP contribution in [0.1, 0.15) is 35.5 Å². The minimum Gasteiger partial charge on any atom is -0.379 e. The third-order valence-corrected chi connectivity index (χ3v) is 9.01. The summed E-state index contributed by atoms with van der Waals surface area (Å²) in [5.74, 6) is 0.537. The van der Waals surface area contributed by atoms with Crippen molar-refractivity contribution < 1.29 is 14.6 Å². The number of aliphatic hydroxyl groups is 1. The quantitative estimate of drug-likeness (QED) is 0.211. The van der Waals surface area contributed by atoms with Gasteiger partial charge < -0.3 is 29.6 Å². The molecule has 0 spiro atoms. The van der Waals surface area contributed by atoms with E-state index in [2.05, 4.69) is 59.6 Å². The Labute approximate surface area is 221 Å².